The third-order valence-corrected chi connectivity index (χ3v) is 4.80. The number of carbonyl (C=O) groups excluding carboxylic acids is 4. The van der Waals surface area contributed by atoms with Crippen LogP contribution in [0.25, 0.3) is 0 Å². The maximum Gasteiger partial charge on any atom is 0.312 e. The molecule has 0 radical (unpaired) electrons. The van der Waals surface area contributed by atoms with Crippen molar-refractivity contribution >= 4 is 29.4 Å². The molecule has 8 heteroatoms. The van der Waals surface area contributed by atoms with Gasteiger partial charge in [-0.2, -0.15) is 0 Å². The fraction of sp³-hybridized carbons (Fsp3) is 0.273. The highest BCUT2D eigenvalue weighted by atomic mass is 16.5. The number of rotatable bonds is 5. The van der Waals surface area contributed by atoms with Crippen LogP contribution < -0.4 is 15.8 Å². The first-order valence-electron chi connectivity index (χ1n) is 9.58. The smallest absolute Gasteiger partial charge is 0.312 e. The normalized spacial score (nSPS) is 16.7. The molecule has 0 aromatic heterocycles. The first-order chi connectivity index (χ1) is 14.3. The highest BCUT2D eigenvalue weighted by Crippen LogP contribution is 2.26. The molecule has 3 rings (SSSR count). The van der Waals surface area contributed by atoms with E-state index in [-0.39, 0.29) is 18.9 Å². The van der Waals surface area contributed by atoms with Gasteiger partial charge in [0.05, 0.1) is 5.92 Å². The first kappa shape index (κ1) is 21.0. The van der Waals surface area contributed by atoms with Gasteiger partial charge in [-0.3, -0.25) is 30.0 Å². The third-order valence-electron chi connectivity index (χ3n) is 4.80. The highest BCUT2D eigenvalue weighted by Gasteiger charge is 2.37. The third kappa shape index (κ3) is 5.02. The molecule has 156 valence electrons. The summed E-state index contributed by atoms with van der Waals surface area (Å²) >= 11 is 0. The Hall–Kier alpha value is -3.68. The Morgan fingerprint density at radius 1 is 1.03 bits per heavy atom. The van der Waals surface area contributed by atoms with Gasteiger partial charge in [0, 0.05) is 24.2 Å². The number of hydrogen-bond donors (Lipinski definition) is 2. The van der Waals surface area contributed by atoms with Crippen molar-refractivity contribution in [1.82, 2.24) is 10.9 Å². The molecule has 1 heterocycles. The fourth-order valence-corrected chi connectivity index (χ4v) is 3.05. The summed E-state index contributed by atoms with van der Waals surface area (Å²) < 4.78 is 5.20. The van der Waals surface area contributed by atoms with Crippen LogP contribution in [0.3, 0.4) is 0 Å². The van der Waals surface area contributed by atoms with Gasteiger partial charge in [0.2, 0.25) is 5.91 Å². The molecular weight excluding hydrogens is 386 g/mol. The molecule has 8 nitrogen and oxygen atoms in total. The van der Waals surface area contributed by atoms with E-state index in [1.165, 1.54) is 11.8 Å². The molecule has 2 atom stereocenters. The highest BCUT2D eigenvalue weighted by molar-refractivity contribution is 6.00. The predicted octanol–water partition coefficient (Wildman–Crippen LogP) is 1.74. The van der Waals surface area contributed by atoms with Gasteiger partial charge in [0.1, 0.15) is 0 Å². The number of hydrogen-bond acceptors (Lipinski definition) is 5. The Morgan fingerprint density at radius 3 is 2.37 bits per heavy atom. The topological polar surface area (TPSA) is 105 Å². The minimum absolute atomic E-state index is 0.0196. The first-order valence-corrected chi connectivity index (χ1v) is 9.58. The van der Waals surface area contributed by atoms with Gasteiger partial charge in [-0.1, -0.05) is 35.9 Å². The largest absolute Gasteiger partial charge is 0.452 e. The molecule has 0 unspecified atom stereocenters. The molecule has 2 aromatic carbocycles. The van der Waals surface area contributed by atoms with E-state index < -0.39 is 29.8 Å². The standard InChI is InChI=1S/C22H23N3O5/c1-14-8-10-18(11-9-14)25-13-17(12-19(25)26)22(29)30-15(2)20(27)23-24-21(28)16-6-4-3-5-7-16/h3-11,15,17H,12-13H2,1-2H3,(H,23,27)(H,24,28)/t15-,17+/m1/s1. The number of benzene rings is 2. The van der Waals surface area contributed by atoms with Crippen molar-refractivity contribution < 1.29 is 23.9 Å². The number of esters is 1. The molecule has 0 bridgehead atoms. The molecule has 0 saturated carbocycles. The quantitative estimate of drug-likeness (QED) is 0.578. The number of ether oxygens (including phenoxy) is 1. The zero-order valence-electron chi connectivity index (χ0n) is 16.8. The number of nitrogens with zero attached hydrogens (tertiary/aromatic N) is 1. The van der Waals surface area contributed by atoms with E-state index in [1.54, 1.807) is 30.3 Å². The zero-order chi connectivity index (χ0) is 21.7. The number of carbonyl (C=O) groups is 4. The van der Waals surface area contributed by atoms with Gasteiger partial charge in [0.25, 0.3) is 11.8 Å². The second-order valence-corrected chi connectivity index (χ2v) is 7.13. The lowest BCUT2D eigenvalue weighted by Gasteiger charge is -2.18. The SMILES string of the molecule is Cc1ccc(N2C[C@@H](C(=O)O[C@H](C)C(=O)NNC(=O)c3ccccc3)CC2=O)cc1. The second kappa shape index (κ2) is 9.21. The van der Waals surface area contributed by atoms with E-state index in [0.29, 0.717) is 5.56 Å². The van der Waals surface area contributed by atoms with E-state index in [4.69, 9.17) is 4.74 Å². The van der Waals surface area contributed by atoms with Crippen molar-refractivity contribution in [2.24, 2.45) is 5.92 Å². The second-order valence-electron chi connectivity index (χ2n) is 7.13. The van der Waals surface area contributed by atoms with Crippen molar-refractivity contribution in [3.05, 3.63) is 65.7 Å². The Balaban J connectivity index is 1.50. The lowest BCUT2D eigenvalue weighted by atomic mass is 10.1. The Kier molecular flexibility index (Phi) is 6.46. The fourth-order valence-electron chi connectivity index (χ4n) is 3.05. The minimum Gasteiger partial charge on any atom is -0.452 e. The van der Waals surface area contributed by atoms with Crippen LogP contribution in [0.15, 0.2) is 54.6 Å². The molecule has 2 aromatic rings. The van der Waals surface area contributed by atoms with Crippen LogP contribution in [0.1, 0.15) is 29.3 Å². The summed E-state index contributed by atoms with van der Waals surface area (Å²) in [5, 5.41) is 0. The van der Waals surface area contributed by atoms with E-state index in [2.05, 4.69) is 10.9 Å². The maximum atomic E-state index is 12.4. The molecule has 0 spiro atoms. The molecule has 0 aliphatic carbocycles. The van der Waals surface area contributed by atoms with Gasteiger partial charge in [-0.15, -0.1) is 0 Å². The number of amides is 3. The lowest BCUT2D eigenvalue weighted by Crippen LogP contribution is -2.47. The summed E-state index contributed by atoms with van der Waals surface area (Å²) in [6.45, 7) is 3.54. The number of aryl methyl sites for hydroxylation is 1. The van der Waals surface area contributed by atoms with Crippen LogP contribution in [0.4, 0.5) is 5.69 Å². The Labute approximate surface area is 174 Å². The molecule has 1 saturated heterocycles. The molecule has 1 aliphatic heterocycles. The number of hydrazine groups is 1. The molecule has 3 amide bonds. The monoisotopic (exact) mass is 409 g/mol. The van der Waals surface area contributed by atoms with Gasteiger partial charge in [0.15, 0.2) is 6.10 Å². The van der Waals surface area contributed by atoms with Crippen molar-refractivity contribution in [3.63, 3.8) is 0 Å². The van der Waals surface area contributed by atoms with E-state index >= 15 is 0 Å². The van der Waals surface area contributed by atoms with Crippen molar-refractivity contribution in [1.29, 1.82) is 0 Å². The van der Waals surface area contributed by atoms with Crippen molar-refractivity contribution in [3.8, 4) is 0 Å². The zero-order valence-corrected chi connectivity index (χ0v) is 16.8. The summed E-state index contributed by atoms with van der Waals surface area (Å²) in [6, 6.07) is 15.8. The predicted molar refractivity (Wildman–Crippen MR) is 109 cm³/mol. The van der Waals surface area contributed by atoms with Crippen LogP contribution in [-0.4, -0.2) is 36.3 Å². The molecule has 1 aliphatic rings. The Bertz CT molecular complexity index is 943. The lowest BCUT2D eigenvalue weighted by molar-refractivity contribution is -0.158. The van der Waals surface area contributed by atoms with Gasteiger partial charge in [-0.05, 0) is 38.1 Å². The average Bonchev–Trinajstić information content (AvgIpc) is 3.14. The van der Waals surface area contributed by atoms with Crippen LogP contribution in [-0.2, 0) is 19.1 Å². The van der Waals surface area contributed by atoms with E-state index in [9.17, 15) is 19.2 Å². The summed E-state index contributed by atoms with van der Waals surface area (Å²) in [7, 11) is 0. The van der Waals surface area contributed by atoms with Gasteiger partial charge in [-0.25, -0.2) is 0 Å². The summed E-state index contributed by atoms with van der Waals surface area (Å²) in [5.74, 6) is -2.62. The summed E-state index contributed by atoms with van der Waals surface area (Å²) in [5.41, 5.74) is 6.67. The molecule has 30 heavy (non-hydrogen) atoms. The number of anilines is 1. The molecule has 1 fully saturated rings. The minimum atomic E-state index is -1.13. The molecule has 2 N–H and O–H groups in total. The molecular formula is C22H23N3O5. The van der Waals surface area contributed by atoms with Crippen LogP contribution in [0.2, 0.25) is 0 Å². The van der Waals surface area contributed by atoms with E-state index in [1.807, 2.05) is 31.2 Å². The van der Waals surface area contributed by atoms with Crippen molar-refractivity contribution in [2.45, 2.75) is 26.4 Å². The van der Waals surface area contributed by atoms with Crippen molar-refractivity contribution in [2.75, 3.05) is 11.4 Å². The van der Waals surface area contributed by atoms with Gasteiger partial charge >= 0.3 is 5.97 Å². The summed E-state index contributed by atoms with van der Waals surface area (Å²) in [6.07, 6.45) is -1.11. The van der Waals surface area contributed by atoms with Crippen LogP contribution >= 0.6 is 0 Å². The van der Waals surface area contributed by atoms with Crippen LogP contribution in [0, 0.1) is 12.8 Å². The van der Waals surface area contributed by atoms with Gasteiger partial charge < -0.3 is 9.64 Å². The number of nitrogens with one attached hydrogen (secondary N) is 2. The average molecular weight is 409 g/mol. The van der Waals surface area contributed by atoms with Crippen LogP contribution in [0.5, 0.6) is 0 Å². The van der Waals surface area contributed by atoms with E-state index in [0.717, 1.165) is 11.3 Å². The summed E-state index contributed by atoms with van der Waals surface area (Å²) in [4.78, 5) is 50.3. The maximum absolute atomic E-state index is 12.4. The Morgan fingerprint density at radius 2 is 1.70 bits per heavy atom.